The summed E-state index contributed by atoms with van der Waals surface area (Å²) in [5.41, 5.74) is 2.96. The van der Waals surface area contributed by atoms with Crippen molar-refractivity contribution in [3.05, 3.63) is 29.3 Å². The van der Waals surface area contributed by atoms with Gasteiger partial charge in [0.05, 0.1) is 6.10 Å². The topological polar surface area (TPSA) is 40.5 Å². The van der Waals surface area contributed by atoms with Crippen molar-refractivity contribution < 1.29 is 10.2 Å². The van der Waals surface area contributed by atoms with Gasteiger partial charge in [0, 0.05) is 0 Å². The standard InChI is InChI=1S/C19H26O2/c1-11-9-17-16-5-3-12-10-13(20)4-6-14(12)15(16)7-8-19(17,2)18(11)21/h4,6,10-11,15-18,20-21H,3,5,7-9H2,1-2H3/t11?,15-,16+,17+,18+,19+/m1/s1. The van der Waals surface area contributed by atoms with Gasteiger partial charge in [0.25, 0.3) is 0 Å². The fourth-order valence-corrected chi connectivity index (χ4v) is 5.91. The Morgan fingerprint density at radius 1 is 1.24 bits per heavy atom. The van der Waals surface area contributed by atoms with Gasteiger partial charge in [-0.1, -0.05) is 19.9 Å². The summed E-state index contributed by atoms with van der Waals surface area (Å²) in [5, 5.41) is 20.4. The van der Waals surface area contributed by atoms with E-state index in [0.29, 0.717) is 23.5 Å². The number of aryl methyl sites for hydroxylation is 1. The highest BCUT2D eigenvalue weighted by molar-refractivity contribution is 5.40. The van der Waals surface area contributed by atoms with Crippen LogP contribution in [-0.2, 0) is 6.42 Å². The molecule has 2 fully saturated rings. The molecular weight excluding hydrogens is 260 g/mol. The van der Waals surface area contributed by atoms with Crippen molar-refractivity contribution in [3.8, 4) is 5.75 Å². The second kappa shape index (κ2) is 4.49. The summed E-state index contributed by atoms with van der Waals surface area (Å²) in [5.74, 6) is 2.88. The Labute approximate surface area is 127 Å². The Bertz CT molecular complexity index is 567. The van der Waals surface area contributed by atoms with Crippen LogP contribution in [0.5, 0.6) is 5.75 Å². The van der Waals surface area contributed by atoms with Gasteiger partial charge < -0.3 is 10.2 Å². The largest absolute Gasteiger partial charge is 0.508 e. The zero-order valence-electron chi connectivity index (χ0n) is 13.0. The molecule has 0 radical (unpaired) electrons. The van der Waals surface area contributed by atoms with Crippen molar-refractivity contribution in [1.82, 2.24) is 0 Å². The van der Waals surface area contributed by atoms with Crippen molar-refractivity contribution in [3.63, 3.8) is 0 Å². The number of aromatic hydroxyl groups is 1. The van der Waals surface area contributed by atoms with Gasteiger partial charge in [-0.05, 0) is 84.5 Å². The zero-order chi connectivity index (χ0) is 14.8. The fourth-order valence-electron chi connectivity index (χ4n) is 5.91. The van der Waals surface area contributed by atoms with Gasteiger partial charge in [0.1, 0.15) is 5.75 Å². The molecule has 0 aromatic heterocycles. The van der Waals surface area contributed by atoms with E-state index in [2.05, 4.69) is 19.9 Å². The molecule has 1 unspecified atom stereocenters. The Hall–Kier alpha value is -1.02. The van der Waals surface area contributed by atoms with Crippen LogP contribution in [0.1, 0.15) is 56.6 Å². The summed E-state index contributed by atoms with van der Waals surface area (Å²) in [7, 11) is 0. The Balaban J connectivity index is 1.71. The second-order valence-electron chi connectivity index (χ2n) is 8.00. The van der Waals surface area contributed by atoms with Crippen LogP contribution in [0.3, 0.4) is 0 Å². The van der Waals surface area contributed by atoms with E-state index in [-0.39, 0.29) is 11.5 Å². The van der Waals surface area contributed by atoms with Crippen LogP contribution in [0.25, 0.3) is 0 Å². The summed E-state index contributed by atoms with van der Waals surface area (Å²) in [6, 6.07) is 5.96. The highest BCUT2D eigenvalue weighted by atomic mass is 16.3. The van der Waals surface area contributed by atoms with E-state index in [1.54, 1.807) is 0 Å². The van der Waals surface area contributed by atoms with Gasteiger partial charge in [-0.25, -0.2) is 0 Å². The van der Waals surface area contributed by atoms with Crippen molar-refractivity contribution in [2.75, 3.05) is 0 Å². The minimum Gasteiger partial charge on any atom is -0.508 e. The molecule has 2 saturated carbocycles. The third-order valence-corrected chi connectivity index (χ3v) is 6.99. The number of aliphatic hydroxyl groups excluding tert-OH is 1. The number of phenolic OH excluding ortho intramolecular Hbond substituents is 1. The molecule has 1 aromatic rings. The van der Waals surface area contributed by atoms with Crippen LogP contribution in [0.2, 0.25) is 0 Å². The van der Waals surface area contributed by atoms with Crippen molar-refractivity contribution in [2.45, 2.75) is 58.0 Å². The first-order valence-electron chi connectivity index (χ1n) is 8.50. The number of hydrogen-bond acceptors (Lipinski definition) is 2. The van der Waals surface area contributed by atoms with Crippen LogP contribution in [0.15, 0.2) is 18.2 Å². The highest BCUT2D eigenvalue weighted by Crippen LogP contribution is 2.62. The third kappa shape index (κ3) is 1.81. The van der Waals surface area contributed by atoms with Crippen LogP contribution in [0.4, 0.5) is 0 Å². The zero-order valence-corrected chi connectivity index (χ0v) is 13.0. The first-order chi connectivity index (χ1) is 10.0. The molecule has 0 aliphatic heterocycles. The quantitative estimate of drug-likeness (QED) is 0.760. The average molecular weight is 286 g/mol. The van der Waals surface area contributed by atoms with Gasteiger partial charge in [-0.2, -0.15) is 0 Å². The smallest absolute Gasteiger partial charge is 0.115 e. The number of hydrogen-bond donors (Lipinski definition) is 2. The lowest BCUT2D eigenvalue weighted by atomic mass is 9.55. The molecule has 0 spiro atoms. The monoisotopic (exact) mass is 286 g/mol. The summed E-state index contributed by atoms with van der Waals surface area (Å²) < 4.78 is 0. The summed E-state index contributed by atoms with van der Waals surface area (Å²) in [4.78, 5) is 0. The number of rotatable bonds is 0. The molecule has 6 atom stereocenters. The molecular formula is C19H26O2. The Kier molecular flexibility index (Phi) is 2.91. The maximum absolute atomic E-state index is 10.6. The van der Waals surface area contributed by atoms with Crippen molar-refractivity contribution in [2.24, 2.45) is 23.2 Å². The predicted octanol–water partition coefficient (Wildman–Crippen LogP) is 3.86. The lowest BCUT2D eigenvalue weighted by Crippen LogP contribution is -2.44. The molecule has 0 heterocycles. The van der Waals surface area contributed by atoms with E-state index in [0.717, 1.165) is 18.8 Å². The molecule has 0 amide bonds. The molecule has 114 valence electrons. The Morgan fingerprint density at radius 3 is 2.86 bits per heavy atom. The SMILES string of the molecule is CC1C[C@H]2[C@H]3CCc4cc(O)ccc4[C@H]3CC[C@]2(C)[C@H]1O. The maximum Gasteiger partial charge on any atom is 0.115 e. The van der Waals surface area contributed by atoms with E-state index in [9.17, 15) is 10.2 Å². The third-order valence-electron chi connectivity index (χ3n) is 6.99. The average Bonchev–Trinajstić information content (AvgIpc) is 2.70. The molecule has 21 heavy (non-hydrogen) atoms. The van der Waals surface area contributed by atoms with Gasteiger partial charge in [0.2, 0.25) is 0 Å². The van der Waals surface area contributed by atoms with E-state index in [1.165, 1.54) is 30.4 Å². The van der Waals surface area contributed by atoms with Gasteiger partial charge >= 0.3 is 0 Å². The first-order valence-corrected chi connectivity index (χ1v) is 8.50. The maximum atomic E-state index is 10.6. The summed E-state index contributed by atoms with van der Waals surface area (Å²) in [6.45, 7) is 4.55. The molecule has 2 N–H and O–H groups in total. The van der Waals surface area contributed by atoms with E-state index < -0.39 is 0 Å². The molecule has 3 aliphatic carbocycles. The highest BCUT2D eigenvalue weighted by Gasteiger charge is 2.56. The van der Waals surface area contributed by atoms with Crippen LogP contribution < -0.4 is 0 Å². The van der Waals surface area contributed by atoms with E-state index in [4.69, 9.17) is 0 Å². The minimum atomic E-state index is -0.121. The summed E-state index contributed by atoms with van der Waals surface area (Å²) >= 11 is 0. The van der Waals surface area contributed by atoms with Crippen molar-refractivity contribution in [1.29, 1.82) is 0 Å². The molecule has 4 rings (SSSR count). The van der Waals surface area contributed by atoms with Gasteiger partial charge in [-0.15, -0.1) is 0 Å². The van der Waals surface area contributed by atoms with Crippen LogP contribution >= 0.6 is 0 Å². The van der Waals surface area contributed by atoms with E-state index in [1.807, 2.05) is 12.1 Å². The van der Waals surface area contributed by atoms with Crippen molar-refractivity contribution >= 4 is 0 Å². The molecule has 2 heteroatoms. The number of fused-ring (bicyclic) bond motifs is 5. The molecule has 3 aliphatic rings. The normalized spacial score (nSPS) is 44.8. The number of aliphatic hydroxyl groups is 1. The fraction of sp³-hybridized carbons (Fsp3) is 0.684. The van der Waals surface area contributed by atoms with Gasteiger partial charge in [-0.3, -0.25) is 0 Å². The minimum absolute atomic E-state index is 0.121. The predicted molar refractivity (Wildman–Crippen MR) is 83.3 cm³/mol. The molecule has 2 nitrogen and oxygen atoms in total. The van der Waals surface area contributed by atoms with E-state index >= 15 is 0 Å². The molecule has 0 saturated heterocycles. The number of benzene rings is 1. The molecule has 0 bridgehead atoms. The number of phenols is 1. The van der Waals surface area contributed by atoms with Gasteiger partial charge in [0.15, 0.2) is 0 Å². The van der Waals surface area contributed by atoms with Crippen LogP contribution in [0, 0.1) is 23.2 Å². The summed E-state index contributed by atoms with van der Waals surface area (Å²) in [6.07, 6.45) is 5.71. The lowest BCUT2D eigenvalue weighted by molar-refractivity contribution is -0.0309. The Morgan fingerprint density at radius 2 is 2.05 bits per heavy atom. The first kappa shape index (κ1) is 13.6. The lowest BCUT2D eigenvalue weighted by Gasteiger charge is -2.50. The van der Waals surface area contributed by atoms with Crippen LogP contribution in [-0.4, -0.2) is 16.3 Å². The second-order valence-corrected chi connectivity index (χ2v) is 8.00. The molecule has 1 aromatic carbocycles.